The summed E-state index contributed by atoms with van der Waals surface area (Å²) in [5.74, 6) is 0. The molecule has 4 heteroatoms. The summed E-state index contributed by atoms with van der Waals surface area (Å²) in [7, 11) is -3.41. The molecule has 3 rings (SSSR count). The summed E-state index contributed by atoms with van der Waals surface area (Å²) in [5.41, 5.74) is 0. The third-order valence-electron chi connectivity index (χ3n) is 3.39. The van der Waals surface area contributed by atoms with Crippen molar-refractivity contribution in [2.75, 3.05) is 13.1 Å². The Kier molecular flexibility index (Phi) is 3.12. The van der Waals surface area contributed by atoms with Crippen LogP contribution in [-0.2, 0) is 10.0 Å². The Morgan fingerprint density at radius 3 is 2.53 bits per heavy atom. The number of nitrogens with zero attached hydrogens (tertiary/aromatic N) is 1. The molecule has 0 radical (unpaired) electrons. The fraction of sp³-hybridized carbons (Fsp3) is 0.200. The van der Waals surface area contributed by atoms with Gasteiger partial charge in [-0.15, -0.1) is 0 Å². The minimum absolute atomic E-state index is 0.404. The lowest BCUT2D eigenvalue weighted by atomic mass is 10.1. The fourth-order valence-electron chi connectivity index (χ4n) is 2.40. The van der Waals surface area contributed by atoms with Gasteiger partial charge in [0.2, 0.25) is 10.0 Å². The summed E-state index contributed by atoms with van der Waals surface area (Å²) in [5, 5.41) is 1.75. The van der Waals surface area contributed by atoms with Gasteiger partial charge in [0.05, 0.1) is 4.90 Å². The SMILES string of the molecule is O=S(=O)(c1cccc2ccccc12)N1CC=CCC1. The molecule has 0 fully saturated rings. The van der Waals surface area contributed by atoms with Crippen molar-refractivity contribution in [3.8, 4) is 0 Å². The van der Waals surface area contributed by atoms with Crippen LogP contribution < -0.4 is 0 Å². The maximum atomic E-state index is 12.7. The molecular weight excluding hydrogens is 258 g/mol. The van der Waals surface area contributed by atoms with E-state index in [1.54, 1.807) is 12.1 Å². The van der Waals surface area contributed by atoms with Crippen LogP contribution in [0.1, 0.15) is 6.42 Å². The van der Waals surface area contributed by atoms with Gasteiger partial charge in [-0.3, -0.25) is 0 Å². The number of sulfonamides is 1. The summed E-state index contributed by atoms with van der Waals surface area (Å²) >= 11 is 0. The predicted molar refractivity (Wildman–Crippen MR) is 76.5 cm³/mol. The molecule has 2 aromatic rings. The summed E-state index contributed by atoms with van der Waals surface area (Å²) < 4.78 is 26.9. The average molecular weight is 273 g/mol. The molecule has 0 unspecified atom stereocenters. The number of hydrogen-bond acceptors (Lipinski definition) is 2. The first-order chi connectivity index (χ1) is 9.19. The zero-order valence-corrected chi connectivity index (χ0v) is 11.3. The van der Waals surface area contributed by atoms with Crippen molar-refractivity contribution in [1.29, 1.82) is 0 Å². The van der Waals surface area contributed by atoms with E-state index in [0.29, 0.717) is 18.0 Å². The van der Waals surface area contributed by atoms with Crippen molar-refractivity contribution in [1.82, 2.24) is 4.31 Å². The van der Waals surface area contributed by atoms with Crippen LogP contribution in [0, 0.1) is 0 Å². The monoisotopic (exact) mass is 273 g/mol. The molecule has 1 aliphatic rings. The van der Waals surface area contributed by atoms with Gasteiger partial charge in [-0.05, 0) is 17.9 Å². The molecule has 0 aromatic heterocycles. The summed E-state index contributed by atoms with van der Waals surface area (Å²) in [6, 6.07) is 13.0. The maximum Gasteiger partial charge on any atom is 0.243 e. The smallest absolute Gasteiger partial charge is 0.207 e. The van der Waals surface area contributed by atoms with Crippen molar-refractivity contribution in [2.24, 2.45) is 0 Å². The molecule has 2 aromatic carbocycles. The summed E-state index contributed by atoms with van der Waals surface area (Å²) in [6.45, 7) is 1.02. The van der Waals surface area contributed by atoms with Gasteiger partial charge in [0, 0.05) is 18.5 Å². The molecule has 0 aliphatic carbocycles. The van der Waals surface area contributed by atoms with Gasteiger partial charge in [0.1, 0.15) is 0 Å². The number of hydrogen-bond donors (Lipinski definition) is 0. The Balaban J connectivity index is 2.16. The molecule has 0 N–H and O–H groups in total. The number of rotatable bonds is 2. The van der Waals surface area contributed by atoms with E-state index in [4.69, 9.17) is 0 Å². The molecule has 19 heavy (non-hydrogen) atoms. The van der Waals surface area contributed by atoms with Gasteiger partial charge in [-0.1, -0.05) is 48.6 Å². The zero-order chi connectivity index (χ0) is 13.3. The lowest BCUT2D eigenvalue weighted by Gasteiger charge is -2.23. The molecule has 0 amide bonds. The molecule has 3 nitrogen and oxygen atoms in total. The van der Waals surface area contributed by atoms with E-state index in [0.717, 1.165) is 17.2 Å². The molecule has 0 spiro atoms. The van der Waals surface area contributed by atoms with E-state index in [1.165, 1.54) is 4.31 Å². The van der Waals surface area contributed by atoms with Gasteiger partial charge in [0.15, 0.2) is 0 Å². The van der Waals surface area contributed by atoms with Gasteiger partial charge in [0.25, 0.3) is 0 Å². The van der Waals surface area contributed by atoms with Crippen molar-refractivity contribution >= 4 is 20.8 Å². The summed E-state index contributed by atoms with van der Waals surface area (Å²) in [4.78, 5) is 0.404. The average Bonchev–Trinajstić information content (AvgIpc) is 2.47. The van der Waals surface area contributed by atoms with E-state index < -0.39 is 10.0 Å². The fourth-order valence-corrected chi connectivity index (χ4v) is 4.02. The Hall–Kier alpha value is -1.65. The van der Waals surface area contributed by atoms with E-state index >= 15 is 0 Å². The predicted octanol–water partition coefficient (Wildman–Crippen LogP) is 2.79. The van der Waals surface area contributed by atoms with E-state index in [-0.39, 0.29) is 0 Å². The largest absolute Gasteiger partial charge is 0.243 e. The quantitative estimate of drug-likeness (QED) is 0.789. The van der Waals surface area contributed by atoms with E-state index in [1.807, 2.05) is 42.5 Å². The van der Waals surface area contributed by atoms with Gasteiger partial charge in [-0.25, -0.2) is 8.42 Å². The normalized spacial score (nSPS) is 16.8. The third-order valence-corrected chi connectivity index (χ3v) is 5.31. The van der Waals surface area contributed by atoms with E-state index in [9.17, 15) is 8.42 Å². The second-order valence-electron chi connectivity index (χ2n) is 4.60. The van der Waals surface area contributed by atoms with Crippen LogP contribution in [0.5, 0.6) is 0 Å². The summed E-state index contributed by atoms with van der Waals surface area (Å²) in [6.07, 6.45) is 4.71. The second-order valence-corrected chi connectivity index (χ2v) is 6.51. The van der Waals surface area contributed by atoms with Crippen LogP contribution in [0.4, 0.5) is 0 Å². The van der Waals surface area contributed by atoms with Crippen molar-refractivity contribution in [3.63, 3.8) is 0 Å². The number of benzene rings is 2. The minimum atomic E-state index is -3.41. The first-order valence-electron chi connectivity index (χ1n) is 6.32. The van der Waals surface area contributed by atoms with Crippen molar-refractivity contribution < 1.29 is 8.42 Å². The zero-order valence-electron chi connectivity index (χ0n) is 10.5. The van der Waals surface area contributed by atoms with Crippen LogP contribution in [0.2, 0.25) is 0 Å². The lowest BCUT2D eigenvalue weighted by Crippen LogP contribution is -2.33. The van der Waals surface area contributed by atoms with Crippen molar-refractivity contribution in [2.45, 2.75) is 11.3 Å². The lowest BCUT2D eigenvalue weighted by molar-refractivity contribution is 0.438. The van der Waals surface area contributed by atoms with Crippen LogP contribution in [-0.4, -0.2) is 25.8 Å². The van der Waals surface area contributed by atoms with E-state index in [2.05, 4.69) is 0 Å². The second kappa shape index (κ2) is 4.79. The number of fused-ring (bicyclic) bond motifs is 1. The van der Waals surface area contributed by atoms with Crippen LogP contribution in [0.25, 0.3) is 10.8 Å². The standard InChI is InChI=1S/C15H15NO2S/c17-19(18,16-11-4-1-5-12-16)15-10-6-8-13-7-2-3-9-14(13)15/h1-4,6-10H,5,11-12H2. The first-order valence-corrected chi connectivity index (χ1v) is 7.76. The van der Waals surface area contributed by atoms with Gasteiger partial charge >= 0.3 is 0 Å². The van der Waals surface area contributed by atoms with Crippen molar-refractivity contribution in [3.05, 3.63) is 54.6 Å². The highest BCUT2D eigenvalue weighted by Gasteiger charge is 2.25. The highest BCUT2D eigenvalue weighted by molar-refractivity contribution is 7.89. The molecule has 0 saturated heterocycles. The maximum absolute atomic E-state index is 12.7. The first kappa shape index (κ1) is 12.4. The molecule has 0 bridgehead atoms. The van der Waals surface area contributed by atoms with Crippen LogP contribution in [0.3, 0.4) is 0 Å². The molecule has 1 aliphatic heterocycles. The van der Waals surface area contributed by atoms with Gasteiger partial charge < -0.3 is 0 Å². The Bertz CT molecular complexity index is 729. The molecular formula is C15H15NO2S. The Morgan fingerprint density at radius 1 is 0.947 bits per heavy atom. The Morgan fingerprint density at radius 2 is 1.74 bits per heavy atom. The highest BCUT2D eigenvalue weighted by atomic mass is 32.2. The highest BCUT2D eigenvalue weighted by Crippen LogP contribution is 2.26. The molecule has 0 atom stereocenters. The molecule has 0 saturated carbocycles. The molecule has 1 heterocycles. The topological polar surface area (TPSA) is 37.4 Å². The third kappa shape index (κ3) is 2.17. The minimum Gasteiger partial charge on any atom is -0.207 e. The van der Waals surface area contributed by atoms with Crippen LogP contribution in [0.15, 0.2) is 59.5 Å². The Labute approximate surface area is 113 Å². The van der Waals surface area contributed by atoms with Crippen LogP contribution >= 0.6 is 0 Å². The molecule has 98 valence electrons. The van der Waals surface area contributed by atoms with Gasteiger partial charge in [-0.2, -0.15) is 4.31 Å².